The minimum absolute atomic E-state index is 0.0423. The van der Waals surface area contributed by atoms with Gasteiger partial charge in [-0.3, -0.25) is 0 Å². The Labute approximate surface area is 99.2 Å². The van der Waals surface area contributed by atoms with Crippen molar-refractivity contribution in [3.63, 3.8) is 0 Å². The number of hydrogen-bond donors (Lipinski definition) is 1. The molecule has 0 aliphatic carbocycles. The lowest BCUT2D eigenvalue weighted by atomic mass is 10.1. The van der Waals surface area contributed by atoms with Crippen molar-refractivity contribution in [1.82, 2.24) is 0 Å². The van der Waals surface area contributed by atoms with Gasteiger partial charge in [-0.05, 0) is 23.1 Å². The fraction of sp³-hybridized carbons (Fsp3) is 0.231. The number of hydrogen-bond acceptors (Lipinski definition) is 3. The summed E-state index contributed by atoms with van der Waals surface area (Å²) in [5.74, 6) is 0.847. The molecule has 2 aromatic rings. The van der Waals surface area contributed by atoms with Crippen LogP contribution in [0.3, 0.4) is 0 Å². The molecule has 0 saturated heterocycles. The minimum atomic E-state index is 0.0423. The first-order valence-electron chi connectivity index (χ1n) is 5.16. The van der Waals surface area contributed by atoms with E-state index < -0.39 is 0 Å². The summed E-state index contributed by atoms with van der Waals surface area (Å²) in [6.45, 7) is 0.381. The van der Waals surface area contributed by atoms with Crippen LogP contribution in [-0.2, 0) is 0 Å². The number of benzene rings is 2. The second-order valence-electron chi connectivity index (χ2n) is 3.39. The molecular formula is C13H14O2S. The zero-order chi connectivity index (χ0) is 11.4. The molecule has 0 fully saturated rings. The van der Waals surface area contributed by atoms with Crippen LogP contribution in [0.25, 0.3) is 10.8 Å². The van der Waals surface area contributed by atoms with Crippen LogP contribution in [0.5, 0.6) is 5.75 Å². The highest BCUT2D eigenvalue weighted by atomic mass is 32.2. The molecule has 0 unspecified atom stereocenters. The van der Waals surface area contributed by atoms with Gasteiger partial charge in [0.05, 0.1) is 11.5 Å². The van der Waals surface area contributed by atoms with Crippen molar-refractivity contribution in [1.29, 1.82) is 0 Å². The van der Waals surface area contributed by atoms with Gasteiger partial charge < -0.3 is 9.84 Å². The maximum absolute atomic E-state index is 8.77. The summed E-state index contributed by atoms with van der Waals surface area (Å²) in [7, 11) is 0. The van der Waals surface area contributed by atoms with Gasteiger partial charge in [0.15, 0.2) is 0 Å². The molecule has 0 aliphatic rings. The molecule has 16 heavy (non-hydrogen) atoms. The van der Waals surface area contributed by atoms with Crippen LogP contribution in [0.4, 0.5) is 0 Å². The van der Waals surface area contributed by atoms with Crippen LogP contribution >= 0.6 is 11.8 Å². The smallest absolute Gasteiger partial charge is 0.133 e. The van der Waals surface area contributed by atoms with E-state index in [-0.39, 0.29) is 6.61 Å². The van der Waals surface area contributed by atoms with Crippen molar-refractivity contribution in [3.8, 4) is 5.75 Å². The summed E-state index contributed by atoms with van der Waals surface area (Å²) in [6.07, 6.45) is 2.04. The van der Waals surface area contributed by atoms with Gasteiger partial charge in [0, 0.05) is 0 Å². The lowest BCUT2D eigenvalue weighted by molar-refractivity contribution is 0.199. The van der Waals surface area contributed by atoms with Crippen molar-refractivity contribution < 1.29 is 9.84 Å². The molecule has 0 saturated carbocycles. The maximum atomic E-state index is 8.77. The highest BCUT2D eigenvalue weighted by molar-refractivity contribution is 7.99. The van der Waals surface area contributed by atoms with Gasteiger partial charge in [-0.15, -0.1) is 11.8 Å². The molecule has 0 aliphatic heterocycles. The number of aliphatic hydroxyl groups is 1. The summed E-state index contributed by atoms with van der Waals surface area (Å²) in [6, 6.07) is 12.2. The Balaban J connectivity index is 2.50. The molecule has 0 radical (unpaired) electrons. The maximum Gasteiger partial charge on any atom is 0.133 e. The largest absolute Gasteiger partial charge is 0.490 e. The van der Waals surface area contributed by atoms with Crippen LogP contribution in [0.1, 0.15) is 0 Å². The first kappa shape index (κ1) is 11.3. The highest BCUT2D eigenvalue weighted by Gasteiger charge is 2.07. The van der Waals surface area contributed by atoms with E-state index in [1.807, 2.05) is 30.5 Å². The number of thioether (sulfide) groups is 1. The van der Waals surface area contributed by atoms with E-state index in [0.717, 1.165) is 10.6 Å². The zero-order valence-electron chi connectivity index (χ0n) is 9.14. The van der Waals surface area contributed by atoms with Crippen molar-refractivity contribution >= 4 is 22.5 Å². The molecule has 0 aromatic heterocycles. The summed E-state index contributed by atoms with van der Waals surface area (Å²) in [5, 5.41) is 11.2. The Bertz CT molecular complexity index is 482. The summed E-state index contributed by atoms with van der Waals surface area (Å²) < 4.78 is 5.51. The zero-order valence-corrected chi connectivity index (χ0v) is 9.96. The van der Waals surface area contributed by atoms with E-state index in [1.165, 1.54) is 10.8 Å². The Morgan fingerprint density at radius 3 is 2.75 bits per heavy atom. The minimum Gasteiger partial charge on any atom is -0.490 e. The average Bonchev–Trinajstić information content (AvgIpc) is 2.35. The van der Waals surface area contributed by atoms with E-state index in [0.29, 0.717) is 6.61 Å². The average molecular weight is 234 g/mol. The number of fused-ring (bicyclic) bond motifs is 1. The Kier molecular flexibility index (Phi) is 3.70. The predicted octanol–water partition coefficient (Wildman–Crippen LogP) is 2.93. The van der Waals surface area contributed by atoms with Crippen LogP contribution in [-0.4, -0.2) is 24.6 Å². The molecule has 0 heterocycles. The van der Waals surface area contributed by atoms with Crippen molar-refractivity contribution in [3.05, 3.63) is 36.4 Å². The van der Waals surface area contributed by atoms with E-state index >= 15 is 0 Å². The quantitative estimate of drug-likeness (QED) is 0.825. The van der Waals surface area contributed by atoms with Crippen molar-refractivity contribution in [2.45, 2.75) is 4.90 Å². The van der Waals surface area contributed by atoms with Gasteiger partial charge >= 0.3 is 0 Å². The summed E-state index contributed by atoms with van der Waals surface area (Å²) in [4.78, 5) is 1.13. The van der Waals surface area contributed by atoms with Gasteiger partial charge in [0.25, 0.3) is 0 Å². The molecule has 2 nitrogen and oxygen atoms in total. The molecule has 84 valence electrons. The number of ether oxygens (including phenoxy) is 1. The molecule has 3 heteroatoms. The van der Waals surface area contributed by atoms with E-state index in [1.54, 1.807) is 11.8 Å². The fourth-order valence-corrected chi connectivity index (χ4v) is 2.44. The van der Waals surface area contributed by atoms with Gasteiger partial charge in [-0.2, -0.15) is 0 Å². The first-order chi connectivity index (χ1) is 7.86. The molecular weight excluding hydrogens is 220 g/mol. The van der Waals surface area contributed by atoms with Crippen LogP contribution in [0, 0.1) is 0 Å². The third-order valence-corrected chi connectivity index (χ3v) is 3.23. The van der Waals surface area contributed by atoms with E-state index in [4.69, 9.17) is 9.84 Å². The van der Waals surface area contributed by atoms with Crippen molar-refractivity contribution in [2.75, 3.05) is 19.5 Å². The molecule has 2 aromatic carbocycles. The Morgan fingerprint density at radius 2 is 2.00 bits per heavy atom. The fourth-order valence-electron chi connectivity index (χ4n) is 1.70. The second kappa shape index (κ2) is 5.23. The molecule has 0 atom stereocenters. The van der Waals surface area contributed by atoms with E-state index in [2.05, 4.69) is 12.1 Å². The van der Waals surface area contributed by atoms with Crippen LogP contribution < -0.4 is 4.74 Å². The second-order valence-corrected chi connectivity index (χ2v) is 4.21. The standard InChI is InChI=1S/C13H14O2S/c1-16-13-11-5-3-2-4-10(11)6-7-12(13)15-9-8-14/h2-7,14H,8-9H2,1H3. The monoisotopic (exact) mass is 234 g/mol. The highest BCUT2D eigenvalue weighted by Crippen LogP contribution is 2.35. The molecule has 1 N–H and O–H groups in total. The third-order valence-electron chi connectivity index (χ3n) is 2.40. The van der Waals surface area contributed by atoms with Gasteiger partial charge in [-0.25, -0.2) is 0 Å². The van der Waals surface area contributed by atoms with Gasteiger partial charge in [0.2, 0.25) is 0 Å². The van der Waals surface area contributed by atoms with Crippen molar-refractivity contribution in [2.24, 2.45) is 0 Å². The molecule has 0 spiro atoms. The topological polar surface area (TPSA) is 29.5 Å². The number of aliphatic hydroxyl groups excluding tert-OH is 1. The van der Waals surface area contributed by atoms with Crippen LogP contribution in [0.2, 0.25) is 0 Å². The molecule has 0 bridgehead atoms. The first-order valence-corrected chi connectivity index (χ1v) is 6.38. The summed E-state index contributed by atoms with van der Waals surface area (Å²) >= 11 is 1.67. The molecule has 2 rings (SSSR count). The SMILES string of the molecule is CSc1c(OCCO)ccc2ccccc12. The number of rotatable bonds is 4. The lowest BCUT2D eigenvalue weighted by Gasteiger charge is -2.11. The Hall–Kier alpha value is -1.19. The normalized spacial score (nSPS) is 10.6. The lowest BCUT2D eigenvalue weighted by Crippen LogP contribution is -2.02. The van der Waals surface area contributed by atoms with Gasteiger partial charge in [0.1, 0.15) is 12.4 Å². The molecule has 0 amide bonds. The predicted molar refractivity (Wildman–Crippen MR) is 68.3 cm³/mol. The van der Waals surface area contributed by atoms with E-state index in [9.17, 15) is 0 Å². The van der Waals surface area contributed by atoms with Crippen LogP contribution in [0.15, 0.2) is 41.3 Å². The Morgan fingerprint density at radius 1 is 1.19 bits per heavy atom. The third kappa shape index (κ3) is 2.15. The summed E-state index contributed by atoms with van der Waals surface area (Å²) in [5.41, 5.74) is 0. The van der Waals surface area contributed by atoms with Gasteiger partial charge in [-0.1, -0.05) is 30.3 Å².